The van der Waals surface area contributed by atoms with Crippen LogP contribution in [0.5, 0.6) is 11.5 Å². The molecule has 8 heteroatoms. The summed E-state index contributed by atoms with van der Waals surface area (Å²) >= 11 is 0. The molecule has 28 heavy (non-hydrogen) atoms. The Bertz CT molecular complexity index is 785. The van der Waals surface area contributed by atoms with Crippen molar-refractivity contribution in [3.05, 3.63) is 59.7 Å². The van der Waals surface area contributed by atoms with Gasteiger partial charge in [-0.25, -0.2) is 0 Å². The highest BCUT2D eigenvalue weighted by Gasteiger charge is 2.11. The third-order valence-corrected chi connectivity index (χ3v) is 3.85. The van der Waals surface area contributed by atoms with Gasteiger partial charge in [0, 0.05) is 12.1 Å². The van der Waals surface area contributed by atoms with Gasteiger partial charge in [0.2, 0.25) is 0 Å². The van der Waals surface area contributed by atoms with Gasteiger partial charge >= 0.3 is 6.61 Å². The molecule has 0 aromatic heterocycles. The fourth-order valence-electron chi connectivity index (χ4n) is 2.37. The molecule has 0 aliphatic carbocycles. The molecule has 0 saturated heterocycles. The lowest BCUT2D eigenvalue weighted by molar-refractivity contribution is -0.125. The van der Waals surface area contributed by atoms with Crippen LogP contribution in [0.1, 0.15) is 24.0 Å². The number of amides is 1. The Morgan fingerprint density at radius 1 is 1.18 bits per heavy atom. The van der Waals surface area contributed by atoms with Crippen LogP contribution in [0.25, 0.3) is 0 Å². The van der Waals surface area contributed by atoms with Crippen molar-refractivity contribution in [2.45, 2.75) is 19.5 Å². The van der Waals surface area contributed by atoms with Gasteiger partial charge < -0.3 is 19.6 Å². The Hall–Kier alpha value is -3.16. The highest BCUT2D eigenvalue weighted by Crippen LogP contribution is 2.28. The fourth-order valence-corrected chi connectivity index (χ4v) is 2.37. The molecule has 2 aromatic carbocycles. The lowest BCUT2D eigenvalue weighted by Crippen LogP contribution is -2.30. The predicted octanol–water partition coefficient (Wildman–Crippen LogP) is 3.57. The number of nitrogens with zero attached hydrogens (tertiary/aromatic N) is 1. The van der Waals surface area contributed by atoms with Crippen LogP contribution < -0.4 is 14.8 Å². The number of methoxy groups -OCH3 is 1. The Balaban J connectivity index is 1.77. The Morgan fingerprint density at radius 3 is 2.61 bits per heavy atom. The van der Waals surface area contributed by atoms with E-state index in [2.05, 4.69) is 15.2 Å². The SMILES string of the molecule is COc1cc(/C=N/OCC(=O)NCC(C)c2ccccc2)ccc1OC(F)F. The van der Waals surface area contributed by atoms with E-state index < -0.39 is 6.61 Å². The van der Waals surface area contributed by atoms with Crippen LogP contribution in [-0.2, 0) is 9.63 Å². The molecule has 0 bridgehead atoms. The molecule has 1 amide bonds. The van der Waals surface area contributed by atoms with Crippen LogP contribution in [0.4, 0.5) is 8.78 Å². The number of ether oxygens (including phenoxy) is 2. The molecule has 0 aliphatic heterocycles. The largest absolute Gasteiger partial charge is 0.493 e. The van der Waals surface area contributed by atoms with Gasteiger partial charge in [0.1, 0.15) is 0 Å². The second-order valence-electron chi connectivity index (χ2n) is 5.91. The zero-order valence-corrected chi connectivity index (χ0v) is 15.6. The van der Waals surface area contributed by atoms with Gasteiger partial charge in [-0.1, -0.05) is 42.4 Å². The number of carbonyl (C=O) groups is 1. The molecule has 2 rings (SSSR count). The maximum Gasteiger partial charge on any atom is 0.387 e. The fraction of sp³-hybridized carbons (Fsp3) is 0.300. The number of hydrogen-bond acceptors (Lipinski definition) is 5. The number of carbonyl (C=O) groups excluding carboxylic acids is 1. The van der Waals surface area contributed by atoms with E-state index in [-0.39, 0.29) is 29.9 Å². The molecule has 0 fully saturated rings. The topological polar surface area (TPSA) is 69.2 Å². The number of alkyl halides is 2. The molecule has 0 heterocycles. The minimum atomic E-state index is -2.94. The number of benzene rings is 2. The average Bonchev–Trinajstić information content (AvgIpc) is 2.70. The first-order valence-corrected chi connectivity index (χ1v) is 8.59. The van der Waals surface area contributed by atoms with Crippen LogP contribution in [-0.4, -0.2) is 39.0 Å². The first kappa shape index (κ1) is 21.1. The average molecular weight is 392 g/mol. The summed E-state index contributed by atoms with van der Waals surface area (Å²) in [5.41, 5.74) is 1.67. The lowest BCUT2D eigenvalue weighted by atomic mass is 10.0. The summed E-state index contributed by atoms with van der Waals surface area (Å²) in [5.74, 6) is -0.0624. The quantitative estimate of drug-likeness (QED) is 0.496. The zero-order valence-electron chi connectivity index (χ0n) is 15.6. The van der Waals surface area contributed by atoms with E-state index in [1.54, 1.807) is 0 Å². The molecule has 1 unspecified atom stereocenters. The highest BCUT2D eigenvalue weighted by atomic mass is 19.3. The van der Waals surface area contributed by atoms with Crippen LogP contribution in [0.2, 0.25) is 0 Å². The van der Waals surface area contributed by atoms with Crippen molar-refractivity contribution < 1.29 is 27.9 Å². The van der Waals surface area contributed by atoms with Crippen LogP contribution in [0.3, 0.4) is 0 Å². The van der Waals surface area contributed by atoms with Crippen LogP contribution in [0.15, 0.2) is 53.7 Å². The maximum atomic E-state index is 12.3. The van der Waals surface area contributed by atoms with Crippen molar-refractivity contribution >= 4 is 12.1 Å². The van der Waals surface area contributed by atoms with E-state index >= 15 is 0 Å². The summed E-state index contributed by atoms with van der Waals surface area (Å²) in [5, 5.41) is 6.48. The monoisotopic (exact) mass is 392 g/mol. The third kappa shape index (κ3) is 6.86. The van der Waals surface area contributed by atoms with E-state index in [0.717, 1.165) is 5.56 Å². The normalized spacial score (nSPS) is 12.0. The molecule has 150 valence electrons. The summed E-state index contributed by atoms with van der Waals surface area (Å²) in [4.78, 5) is 16.8. The van der Waals surface area contributed by atoms with E-state index in [1.807, 2.05) is 37.3 Å². The van der Waals surface area contributed by atoms with E-state index in [0.29, 0.717) is 12.1 Å². The Kier molecular flexibility index (Phi) is 8.20. The molecule has 2 aromatic rings. The van der Waals surface area contributed by atoms with E-state index in [1.165, 1.54) is 31.5 Å². The molecule has 0 spiro atoms. The second-order valence-corrected chi connectivity index (χ2v) is 5.91. The number of nitrogens with one attached hydrogen (secondary N) is 1. The summed E-state index contributed by atoms with van der Waals surface area (Å²) in [6, 6.07) is 14.2. The van der Waals surface area contributed by atoms with Crippen LogP contribution >= 0.6 is 0 Å². The minimum Gasteiger partial charge on any atom is -0.493 e. The van der Waals surface area contributed by atoms with Gasteiger partial charge in [-0.2, -0.15) is 8.78 Å². The Morgan fingerprint density at radius 2 is 1.93 bits per heavy atom. The molecule has 0 saturated carbocycles. The van der Waals surface area contributed by atoms with Crippen molar-refractivity contribution in [2.75, 3.05) is 20.3 Å². The van der Waals surface area contributed by atoms with Crippen LogP contribution in [0, 0.1) is 0 Å². The number of rotatable bonds is 10. The minimum absolute atomic E-state index is 0.0810. The molecular weight excluding hydrogens is 370 g/mol. The molecule has 1 atom stereocenters. The van der Waals surface area contributed by atoms with Gasteiger partial charge in [0.15, 0.2) is 18.1 Å². The third-order valence-electron chi connectivity index (χ3n) is 3.85. The summed E-state index contributed by atoms with van der Waals surface area (Å²) in [6.45, 7) is -0.677. The first-order valence-electron chi connectivity index (χ1n) is 8.59. The maximum absolute atomic E-state index is 12.3. The zero-order chi connectivity index (χ0) is 20.4. The molecule has 1 N–H and O–H groups in total. The lowest BCUT2D eigenvalue weighted by Gasteiger charge is -2.12. The molecule has 6 nitrogen and oxygen atoms in total. The summed E-state index contributed by atoms with van der Waals surface area (Å²) in [7, 11) is 1.34. The summed E-state index contributed by atoms with van der Waals surface area (Å²) in [6.07, 6.45) is 1.34. The Labute approximate surface area is 162 Å². The predicted molar refractivity (Wildman–Crippen MR) is 101 cm³/mol. The first-order chi connectivity index (χ1) is 13.5. The molecular formula is C20H22F2N2O4. The van der Waals surface area contributed by atoms with Gasteiger partial charge in [-0.15, -0.1) is 0 Å². The van der Waals surface area contributed by atoms with Gasteiger partial charge in [0.25, 0.3) is 5.91 Å². The van der Waals surface area contributed by atoms with Gasteiger partial charge in [-0.05, 0) is 29.7 Å². The van der Waals surface area contributed by atoms with Gasteiger partial charge in [0.05, 0.1) is 13.3 Å². The number of hydrogen-bond donors (Lipinski definition) is 1. The van der Waals surface area contributed by atoms with Gasteiger partial charge in [-0.3, -0.25) is 4.79 Å². The van der Waals surface area contributed by atoms with Crippen molar-refractivity contribution in [1.29, 1.82) is 0 Å². The highest BCUT2D eigenvalue weighted by molar-refractivity contribution is 5.81. The number of oxime groups is 1. The van der Waals surface area contributed by atoms with Crippen molar-refractivity contribution in [2.24, 2.45) is 5.16 Å². The van der Waals surface area contributed by atoms with Crippen molar-refractivity contribution in [1.82, 2.24) is 5.32 Å². The molecule has 0 radical (unpaired) electrons. The van der Waals surface area contributed by atoms with Crippen molar-refractivity contribution in [3.63, 3.8) is 0 Å². The number of halogens is 2. The second kappa shape index (κ2) is 10.9. The van der Waals surface area contributed by atoms with Crippen molar-refractivity contribution in [3.8, 4) is 11.5 Å². The smallest absolute Gasteiger partial charge is 0.387 e. The van der Waals surface area contributed by atoms with E-state index in [9.17, 15) is 13.6 Å². The van der Waals surface area contributed by atoms with E-state index in [4.69, 9.17) is 9.57 Å². The molecule has 0 aliphatic rings. The standard InChI is InChI=1S/C20H22F2N2O4/c1-14(16-6-4-3-5-7-16)11-23-19(25)13-27-24-12-15-8-9-17(28-20(21)22)18(10-15)26-2/h3-10,12,14,20H,11,13H2,1-2H3,(H,23,25)/b24-12+. The summed E-state index contributed by atoms with van der Waals surface area (Å²) < 4.78 is 34.0.